The second-order valence-electron chi connectivity index (χ2n) is 11.2. The Labute approximate surface area is 269 Å². The maximum atomic E-state index is 5.19. The molecule has 8 nitrogen and oxygen atoms in total. The lowest BCUT2D eigenvalue weighted by Crippen LogP contribution is -2.00. The van der Waals surface area contributed by atoms with Gasteiger partial charge in [-0.15, -0.1) is 0 Å². The minimum Gasteiger partial charge on any atom is -0.284 e. The molecule has 0 radical (unpaired) electrons. The van der Waals surface area contributed by atoms with Gasteiger partial charge < -0.3 is 0 Å². The molecule has 0 fully saturated rings. The number of rotatable bonds is 5. The molecule has 3 aromatic carbocycles. The lowest BCUT2D eigenvalue weighted by Gasteiger charge is -2.10. The van der Waals surface area contributed by atoms with E-state index in [1.807, 2.05) is 48.7 Å². The van der Waals surface area contributed by atoms with Crippen LogP contribution in [-0.2, 0) is 0 Å². The molecule has 0 aliphatic carbocycles. The summed E-state index contributed by atoms with van der Waals surface area (Å²) in [6.07, 6.45) is 9.00. The average Bonchev–Trinajstić information content (AvgIpc) is 3.54. The van der Waals surface area contributed by atoms with Crippen LogP contribution in [0.15, 0.2) is 146 Å². The lowest BCUT2D eigenvalue weighted by molar-refractivity contribution is 1.07. The maximum Gasteiger partial charge on any atom is 0.165 e. The lowest BCUT2D eigenvalue weighted by atomic mass is 9.98. The Morgan fingerprint density at radius 1 is 0.426 bits per heavy atom. The van der Waals surface area contributed by atoms with Crippen molar-refractivity contribution in [3.8, 4) is 56.5 Å². The molecule has 0 bridgehead atoms. The van der Waals surface area contributed by atoms with E-state index >= 15 is 0 Å². The number of imidazole rings is 1. The topological polar surface area (TPSA) is 94.6 Å². The molecule has 8 heteroatoms. The third-order valence-corrected chi connectivity index (χ3v) is 8.25. The van der Waals surface area contributed by atoms with Gasteiger partial charge in [-0.3, -0.25) is 14.4 Å². The van der Waals surface area contributed by atoms with Gasteiger partial charge in [0.15, 0.2) is 23.1 Å². The van der Waals surface area contributed by atoms with E-state index in [0.29, 0.717) is 17.5 Å². The molecule has 0 atom stereocenters. The molecule has 9 rings (SSSR count). The van der Waals surface area contributed by atoms with E-state index in [2.05, 4.69) is 87.2 Å². The second kappa shape index (κ2) is 11.0. The van der Waals surface area contributed by atoms with Gasteiger partial charge in [0.05, 0.1) is 5.69 Å². The Balaban J connectivity index is 1.12. The van der Waals surface area contributed by atoms with Crippen LogP contribution in [0.3, 0.4) is 0 Å². The SMILES string of the molecule is c1cncc(-c2nc(-c3ccc(-c4cccc(-c5nc6c(nc7ccccn76)c6ccccc56)c4)cc3)nc(-c3cccnc3)n2)c1. The van der Waals surface area contributed by atoms with Gasteiger partial charge in [-0.2, -0.15) is 0 Å². The van der Waals surface area contributed by atoms with Crippen molar-refractivity contribution in [2.24, 2.45) is 0 Å². The van der Waals surface area contributed by atoms with Crippen molar-refractivity contribution >= 4 is 27.6 Å². The van der Waals surface area contributed by atoms with E-state index in [4.69, 9.17) is 24.9 Å². The highest BCUT2D eigenvalue weighted by Gasteiger charge is 2.16. The van der Waals surface area contributed by atoms with Crippen LogP contribution in [0.2, 0.25) is 0 Å². The molecule has 0 aliphatic rings. The van der Waals surface area contributed by atoms with Crippen molar-refractivity contribution in [3.63, 3.8) is 0 Å². The van der Waals surface area contributed by atoms with Crippen LogP contribution in [-0.4, -0.2) is 39.3 Å². The maximum absolute atomic E-state index is 5.19. The largest absolute Gasteiger partial charge is 0.284 e. The molecule has 0 saturated heterocycles. The fraction of sp³-hybridized carbons (Fsp3) is 0. The molecule has 6 aromatic heterocycles. The van der Waals surface area contributed by atoms with Crippen molar-refractivity contribution in [3.05, 3.63) is 146 Å². The Kier molecular flexibility index (Phi) is 6.28. The molecule has 6 heterocycles. The minimum absolute atomic E-state index is 0.557. The molecule has 0 N–H and O–H groups in total. The summed E-state index contributed by atoms with van der Waals surface area (Å²) in [6, 6.07) is 38.8. The molecule has 0 saturated carbocycles. The van der Waals surface area contributed by atoms with E-state index in [9.17, 15) is 0 Å². The number of fused-ring (bicyclic) bond motifs is 5. The predicted molar refractivity (Wildman–Crippen MR) is 184 cm³/mol. The summed E-state index contributed by atoms with van der Waals surface area (Å²) in [5.41, 5.74) is 9.26. The zero-order valence-corrected chi connectivity index (χ0v) is 24.9. The number of benzene rings is 3. The van der Waals surface area contributed by atoms with Crippen LogP contribution in [0, 0.1) is 0 Å². The second-order valence-corrected chi connectivity index (χ2v) is 11.2. The summed E-state index contributed by atoms with van der Waals surface area (Å²) in [4.78, 5) is 33.0. The van der Waals surface area contributed by atoms with Crippen molar-refractivity contribution in [1.29, 1.82) is 0 Å². The van der Waals surface area contributed by atoms with E-state index in [1.165, 1.54) is 0 Å². The number of hydrogen-bond acceptors (Lipinski definition) is 7. The zero-order chi connectivity index (χ0) is 31.2. The standard InChI is InChI=1S/C39H24N8/c1-2-13-32-31(12-1)34(43-39-35(32)42-33-14-3-4-21-47(33)39)28-9-5-8-27(22-28)25-15-17-26(18-16-25)36-44-37(29-10-6-19-40-23-29)46-38(45-36)30-11-7-20-41-24-30/h1-24H. The summed E-state index contributed by atoms with van der Waals surface area (Å²) in [5.74, 6) is 1.69. The highest BCUT2D eigenvalue weighted by molar-refractivity contribution is 6.09. The van der Waals surface area contributed by atoms with Crippen LogP contribution in [0.4, 0.5) is 0 Å². The van der Waals surface area contributed by atoms with Crippen molar-refractivity contribution in [2.45, 2.75) is 0 Å². The molecule has 9 aromatic rings. The molecular weight excluding hydrogens is 580 g/mol. The quantitative estimate of drug-likeness (QED) is 0.195. The first-order valence-corrected chi connectivity index (χ1v) is 15.2. The molecule has 0 amide bonds. The predicted octanol–water partition coefficient (Wildman–Crippen LogP) is 8.35. The smallest absolute Gasteiger partial charge is 0.165 e. The van der Waals surface area contributed by atoms with Gasteiger partial charge in [0.2, 0.25) is 0 Å². The van der Waals surface area contributed by atoms with E-state index in [1.54, 1.807) is 24.8 Å². The number of pyridine rings is 4. The first-order valence-electron chi connectivity index (χ1n) is 15.2. The monoisotopic (exact) mass is 604 g/mol. The van der Waals surface area contributed by atoms with Crippen molar-refractivity contribution in [1.82, 2.24) is 39.3 Å². The fourth-order valence-corrected chi connectivity index (χ4v) is 5.96. The summed E-state index contributed by atoms with van der Waals surface area (Å²) >= 11 is 0. The Hall–Kier alpha value is -6.67. The van der Waals surface area contributed by atoms with Gasteiger partial charge in [-0.05, 0) is 53.6 Å². The van der Waals surface area contributed by atoms with Crippen LogP contribution >= 0.6 is 0 Å². The van der Waals surface area contributed by atoms with E-state index in [0.717, 1.165) is 66.7 Å². The third kappa shape index (κ3) is 4.76. The van der Waals surface area contributed by atoms with Crippen LogP contribution in [0.25, 0.3) is 84.1 Å². The molecule has 220 valence electrons. The summed E-state index contributed by atoms with van der Waals surface area (Å²) in [6.45, 7) is 0. The molecule has 0 aliphatic heterocycles. The molecule has 0 spiro atoms. The van der Waals surface area contributed by atoms with Gasteiger partial charge in [0.1, 0.15) is 11.2 Å². The van der Waals surface area contributed by atoms with Gasteiger partial charge >= 0.3 is 0 Å². The zero-order valence-electron chi connectivity index (χ0n) is 24.9. The van der Waals surface area contributed by atoms with E-state index < -0.39 is 0 Å². The minimum atomic E-state index is 0.557. The Bertz CT molecular complexity index is 2500. The Morgan fingerprint density at radius 3 is 1.74 bits per heavy atom. The van der Waals surface area contributed by atoms with Crippen molar-refractivity contribution < 1.29 is 0 Å². The first-order chi connectivity index (χ1) is 23.3. The van der Waals surface area contributed by atoms with Crippen LogP contribution < -0.4 is 0 Å². The van der Waals surface area contributed by atoms with Gasteiger partial charge in [0.25, 0.3) is 0 Å². The van der Waals surface area contributed by atoms with Gasteiger partial charge in [-0.1, -0.05) is 72.8 Å². The summed E-state index contributed by atoms with van der Waals surface area (Å²) < 4.78 is 2.05. The normalized spacial score (nSPS) is 11.4. The summed E-state index contributed by atoms with van der Waals surface area (Å²) in [5, 5.41) is 2.15. The number of aromatic nitrogens is 8. The summed E-state index contributed by atoms with van der Waals surface area (Å²) in [7, 11) is 0. The van der Waals surface area contributed by atoms with Crippen LogP contribution in [0.1, 0.15) is 0 Å². The third-order valence-electron chi connectivity index (χ3n) is 8.25. The van der Waals surface area contributed by atoms with Gasteiger partial charge in [-0.25, -0.2) is 24.9 Å². The number of nitrogens with zero attached hydrogens (tertiary/aromatic N) is 8. The first kappa shape index (κ1) is 26.7. The van der Waals surface area contributed by atoms with Crippen LogP contribution in [0.5, 0.6) is 0 Å². The Morgan fingerprint density at radius 2 is 1.04 bits per heavy atom. The molecule has 47 heavy (non-hydrogen) atoms. The fourth-order valence-electron chi connectivity index (χ4n) is 5.96. The number of hydrogen-bond donors (Lipinski definition) is 0. The average molecular weight is 605 g/mol. The highest BCUT2D eigenvalue weighted by Crippen LogP contribution is 2.35. The van der Waals surface area contributed by atoms with Gasteiger partial charge in [0, 0.05) is 64.0 Å². The van der Waals surface area contributed by atoms with Crippen molar-refractivity contribution in [2.75, 3.05) is 0 Å². The highest BCUT2D eigenvalue weighted by atomic mass is 15.1. The molecule has 0 unspecified atom stereocenters. The van der Waals surface area contributed by atoms with E-state index in [-0.39, 0.29) is 0 Å². The molecular formula is C39H24N8.